The second-order valence-electron chi connectivity index (χ2n) is 3.23. The summed E-state index contributed by atoms with van der Waals surface area (Å²) in [5, 5.41) is 19.1. The average Bonchev–Trinajstić information content (AvgIpc) is 2.17. The van der Waals surface area contributed by atoms with Crippen LogP contribution in [0.1, 0.15) is 18.6 Å². The molecule has 0 aromatic heterocycles. The molecule has 0 bridgehead atoms. The summed E-state index contributed by atoms with van der Waals surface area (Å²) < 4.78 is 4.98. The van der Waals surface area contributed by atoms with E-state index >= 15 is 0 Å². The second kappa shape index (κ2) is 4.30. The number of rotatable bonds is 3. The Labute approximate surface area is 82.9 Å². The minimum Gasteiger partial charge on any atom is -0.508 e. The van der Waals surface area contributed by atoms with Crippen LogP contribution < -0.4 is 10.5 Å². The lowest BCUT2D eigenvalue weighted by Gasteiger charge is -2.16. The number of hydrogen-bond acceptors (Lipinski definition) is 4. The fourth-order valence-corrected chi connectivity index (χ4v) is 1.18. The highest BCUT2D eigenvalue weighted by atomic mass is 16.5. The number of phenols is 1. The number of phenolic OH excluding ortho intramolecular Hbond substituents is 1. The minimum atomic E-state index is -0.884. The van der Waals surface area contributed by atoms with Gasteiger partial charge in [-0.05, 0) is 25.1 Å². The number of benzene rings is 1. The van der Waals surface area contributed by atoms with Crippen LogP contribution in [0.2, 0.25) is 0 Å². The summed E-state index contributed by atoms with van der Waals surface area (Å²) in [5.41, 5.74) is 5.91. The number of hydrogen-bond donors (Lipinski definition) is 3. The highest BCUT2D eigenvalue weighted by Gasteiger charge is 2.16. The second-order valence-corrected chi connectivity index (χ2v) is 3.23. The summed E-state index contributed by atoms with van der Waals surface area (Å²) >= 11 is 0. The van der Waals surface area contributed by atoms with Gasteiger partial charge >= 0.3 is 0 Å². The molecule has 78 valence electrons. The average molecular weight is 197 g/mol. The maximum Gasteiger partial charge on any atom is 0.121 e. The molecule has 1 rings (SSSR count). The number of aliphatic hydroxyl groups excluding tert-OH is 1. The van der Waals surface area contributed by atoms with E-state index in [1.54, 1.807) is 19.1 Å². The van der Waals surface area contributed by atoms with Crippen molar-refractivity contribution in [3.8, 4) is 11.5 Å². The van der Waals surface area contributed by atoms with Crippen molar-refractivity contribution in [2.45, 2.75) is 19.1 Å². The fourth-order valence-electron chi connectivity index (χ4n) is 1.18. The van der Waals surface area contributed by atoms with Gasteiger partial charge < -0.3 is 20.7 Å². The van der Waals surface area contributed by atoms with Crippen molar-refractivity contribution in [2.24, 2.45) is 5.73 Å². The van der Waals surface area contributed by atoms with Gasteiger partial charge in [-0.15, -0.1) is 0 Å². The van der Waals surface area contributed by atoms with Crippen molar-refractivity contribution in [1.82, 2.24) is 0 Å². The Balaban J connectivity index is 3.05. The molecular formula is C10H15NO3. The van der Waals surface area contributed by atoms with Crippen LogP contribution in [0, 0.1) is 0 Å². The molecule has 0 amide bonds. The fraction of sp³-hybridized carbons (Fsp3) is 0.400. The smallest absolute Gasteiger partial charge is 0.121 e. The Morgan fingerprint density at radius 3 is 2.57 bits per heavy atom. The number of nitrogens with two attached hydrogens (primary N) is 1. The van der Waals surface area contributed by atoms with E-state index in [-0.39, 0.29) is 5.75 Å². The van der Waals surface area contributed by atoms with Crippen LogP contribution in [0.15, 0.2) is 18.2 Å². The molecule has 4 nitrogen and oxygen atoms in total. The van der Waals surface area contributed by atoms with Gasteiger partial charge in [0.25, 0.3) is 0 Å². The summed E-state index contributed by atoms with van der Waals surface area (Å²) in [5.74, 6) is 0.605. The predicted octanol–water partition coefficient (Wildman–Crippen LogP) is 0.781. The Hall–Kier alpha value is -1.26. The normalized spacial score (nSPS) is 14.9. The standard InChI is InChI=1S/C10H15NO3/c1-6(11)10(13)8-5-7(14-2)3-4-9(8)12/h3-6,10,12-13H,11H2,1-2H3/t6-,10-/m0/s1. The van der Waals surface area contributed by atoms with E-state index in [0.29, 0.717) is 11.3 Å². The third-order valence-corrected chi connectivity index (χ3v) is 2.05. The first-order valence-corrected chi connectivity index (χ1v) is 4.36. The topological polar surface area (TPSA) is 75.7 Å². The van der Waals surface area contributed by atoms with Gasteiger partial charge in [0, 0.05) is 11.6 Å². The van der Waals surface area contributed by atoms with Crippen LogP contribution >= 0.6 is 0 Å². The third kappa shape index (κ3) is 2.16. The van der Waals surface area contributed by atoms with Crippen molar-refractivity contribution >= 4 is 0 Å². The van der Waals surface area contributed by atoms with Gasteiger partial charge in [0.15, 0.2) is 0 Å². The molecule has 0 saturated heterocycles. The van der Waals surface area contributed by atoms with Gasteiger partial charge in [0.1, 0.15) is 11.5 Å². The van der Waals surface area contributed by atoms with Gasteiger partial charge in [0.05, 0.1) is 13.2 Å². The van der Waals surface area contributed by atoms with Crippen LogP contribution in [0.25, 0.3) is 0 Å². The van der Waals surface area contributed by atoms with E-state index in [1.807, 2.05) is 0 Å². The van der Waals surface area contributed by atoms with Crippen molar-refractivity contribution in [2.75, 3.05) is 7.11 Å². The molecule has 0 aliphatic carbocycles. The van der Waals surface area contributed by atoms with Crippen molar-refractivity contribution in [1.29, 1.82) is 0 Å². The van der Waals surface area contributed by atoms with E-state index in [0.717, 1.165) is 0 Å². The maximum absolute atomic E-state index is 9.66. The Bertz CT molecular complexity index is 312. The minimum absolute atomic E-state index is 0.0237. The molecule has 0 heterocycles. The molecule has 0 unspecified atom stereocenters. The molecule has 4 N–H and O–H groups in total. The lowest BCUT2D eigenvalue weighted by Crippen LogP contribution is -2.24. The Morgan fingerprint density at radius 1 is 1.43 bits per heavy atom. The molecule has 0 aliphatic rings. The third-order valence-electron chi connectivity index (χ3n) is 2.05. The van der Waals surface area contributed by atoms with E-state index in [2.05, 4.69) is 0 Å². The lowest BCUT2D eigenvalue weighted by atomic mass is 10.0. The molecule has 1 aromatic carbocycles. The van der Waals surface area contributed by atoms with E-state index in [4.69, 9.17) is 10.5 Å². The molecule has 0 fully saturated rings. The van der Waals surface area contributed by atoms with E-state index in [1.165, 1.54) is 13.2 Å². The van der Waals surface area contributed by atoms with E-state index in [9.17, 15) is 10.2 Å². The molecule has 0 aliphatic heterocycles. The molecular weight excluding hydrogens is 182 g/mol. The predicted molar refractivity (Wildman–Crippen MR) is 53.3 cm³/mol. The summed E-state index contributed by atoms with van der Waals surface area (Å²) in [6.45, 7) is 1.67. The highest BCUT2D eigenvalue weighted by Crippen LogP contribution is 2.29. The zero-order valence-electron chi connectivity index (χ0n) is 8.27. The zero-order chi connectivity index (χ0) is 10.7. The number of aliphatic hydroxyl groups is 1. The van der Waals surface area contributed by atoms with Crippen LogP contribution in [-0.2, 0) is 0 Å². The van der Waals surface area contributed by atoms with Gasteiger partial charge in [-0.1, -0.05) is 0 Å². The number of ether oxygens (including phenoxy) is 1. The number of aromatic hydroxyl groups is 1. The van der Waals surface area contributed by atoms with Crippen LogP contribution in [-0.4, -0.2) is 23.4 Å². The van der Waals surface area contributed by atoms with Gasteiger partial charge in [-0.25, -0.2) is 0 Å². The lowest BCUT2D eigenvalue weighted by molar-refractivity contribution is 0.149. The van der Waals surface area contributed by atoms with Crippen molar-refractivity contribution in [3.05, 3.63) is 23.8 Å². The summed E-state index contributed by atoms with van der Waals surface area (Å²) in [6, 6.07) is 4.23. The summed E-state index contributed by atoms with van der Waals surface area (Å²) in [7, 11) is 1.52. The van der Waals surface area contributed by atoms with E-state index < -0.39 is 12.1 Å². The van der Waals surface area contributed by atoms with Gasteiger partial charge in [-0.2, -0.15) is 0 Å². The zero-order valence-corrected chi connectivity index (χ0v) is 8.27. The monoisotopic (exact) mass is 197 g/mol. The van der Waals surface area contributed by atoms with Crippen LogP contribution in [0.5, 0.6) is 11.5 Å². The first-order valence-electron chi connectivity index (χ1n) is 4.36. The van der Waals surface area contributed by atoms with Gasteiger partial charge in [-0.3, -0.25) is 0 Å². The SMILES string of the molecule is COc1ccc(O)c([C@@H](O)[C@H](C)N)c1. The molecule has 0 spiro atoms. The molecule has 4 heteroatoms. The molecule has 0 saturated carbocycles. The Kier molecular flexibility index (Phi) is 3.33. The van der Waals surface area contributed by atoms with Crippen molar-refractivity contribution in [3.63, 3.8) is 0 Å². The number of methoxy groups -OCH3 is 1. The quantitative estimate of drug-likeness (QED) is 0.669. The van der Waals surface area contributed by atoms with Crippen LogP contribution in [0.3, 0.4) is 0 Å². The molecule has 14 heavy (non-hydrogen) atoms. The maximum atomic E-state index is 9.66. The van der Waals surface area contributed by atoms with Gasteiger partial charge in [0.2, 0.25) is 0 Å². The highest BCUT2D eigenvalue weighted by molar-refractivity contribution is 5.41. The molecule has 1 aromatic rings. The largest absolute Gasteiger partial charge is 0.508 e. The van der Waals surface area contributed by atoms with Crippen molar-refractivity contribution < 1.29 is 14.9 Å². The summed E-state index contributed by atoms with van der Waals surface area (Å²) in [6.07, 6.45) is -0.884. The Morgan fingerprint density at radius 2 is 2.07 bits per heavy atom. The first-order chi connectivity index (χ1) is 6.56. The first kappa shape index (κ1) is 10.8. The molecule has 0 radical (unpaired) electrons. The van der Waals surface area contributed by atoms with Crippen LogP contribution in [0.4, 0.5) is 0 Å². The summed E-state index contributed by atoms with van der Waals surface area (Å²) in [4.78, 5) is 0. The molecule has 2 atom stereocenters.